The smallest absolute Gasteiger partial charge is 0.320 e. The summed E-state index contributed by atoms with van der Waals surface area (Å²) in [5, 5.41) is 5.62. The summed E-state index contributed by atoms with van der Waals surface area (Å²) in [5.41, 5.74) is 0.814. The van der Waals surface area contributed by atoms with Crippen molar-refractivity contribution in [2.24, 2.45) is 13.0 Å². The second kappa shape index (κ2) is 7.94. The number of nitrogens with one attached hydrogen (secondary N) is 2. The lowest BCUT2D eigenvalue weighted by molar-refractivity contribution is 0.181. The van der Waals surface area contributed by atoms with E-state index in [9.17, 15) is 9.59 Å². The molecule has 2 N–H and O–H groups in total. The van der Waals surface area contributed by atoms with Gasteiger partial charge >= 0.3 is 6.03 Å². The molecule has 0 saturated carbocycles. The van der Waals surface area contributed by atoms with Crippen molar-refractivity contribution in [3.63, 3.8) is 0 Å². The number of aryl methyl sites for hydroxylation is 1. The van der Waals surface area contributed by atoms with Crippen LogP contribution in [0.5, 0.6) is 0 Å². The summed E-state index contributed by atoms with van der Waals surface area (Å²) in [6, 6.07) is 10.6. The average molecular weight is 342 g/mol. The highest BCUT2D eigenvalue weighted by molar-refractivity contribution is 5.88. The quantitative estimate of drug-likeness (QED) is 0.871. The Morgan fingerprint density at radius 2 is 2.20 bits per heavy atom. The van der Waals surface area contributed by atoms with Crippen LogP contribution in [0, 0.1) is 5.92 Å². The molecule has 25 heavy (non-hydrogen) atoms. The Bertz CT molecular complexity index is 769. The molecule has 1 aromatic heterocycles. The van der Waals surface area contributed by atoms with Gasteiger partial charge in [-0.1, -0.05) is 30.3 Å². The standard InChI is InChI=1S/C18H22N4O3/c1-22-12-19-16(10-17(22)23)21-18(24)20-15(9-13-7-8-25-11-13)14-5-3-2-4-6-14/h2-6,10,12-13,15H,7-9,11H2,1H3,(H2,20,21,24). The maximum Gasteiger partial charge on any atom is 0.320 e. The van der Waals surface area contributed by atoms with Crippen molar-refractivity contribution in [3.8, 4) is 0 Å². The van der Waals surface area contributed by atoms with Crippen molar-refractivity contribution in [2.75, 3.05) is 18.5 Å². The summed E-state index contributed by atoms with van der Waals surface area (Å²) < 4.78 is 6.79. The van der Waals surface area contributed by atoms with Crippen molar-refractivity contribution in [1.29, 1.82) is 0 Å². The molecule has 132 valence electrons. The van der Waals surface area contributed by atoms with Crippen LogP contribution >= 0.6 is 0 Å². The Balaban J connectivity index is 1.68. The van der Waals surface area contributed by atoms with Crippen molar-refractivity contribution in [3.05, 3.63) is 58.6 Å². The molecular formula is C18H22N4O3. The minimum atomic E-state index is -0.381. The first kappa shape index (κ1) is 17.2. The Kier molecular flexibility index (Phi) is 5.45. The highest BCUT2D eigenvalue weighted by Gasteiger charge is 2.23. The van der Waals surface area contributed by atoms with Gasteiger partial charge in [0.15, 0.2) is 0 Å². The molecule has 2 atom stereocenters. The fourth-order valence-electron chi connectivity index (χ4n) is 2.91. The van der Waals surface area contributed by atoms with Gasteiger partial charge in [-0.15, -0.1) is 0 Å². The first-order valence-corrected chi connectivity index (χ1v) is 8.34. The fourth-order valence-corrected chi connectivity index (χ4v) is 2.91. The lowest BCUT2D eigenvalue weighted by atomic mass is 9.94. The number of rotatable bonds is 5. The minimum Gasteiger partial charge on any atom is -0.381 e. The first-order valence-electron chi connectivity index (χ1n) is 8.34. The molecule has 3 rings (SSSR count). The van der Waals surface area contributed by atoms with Gasteiger partial charge in [-0.3, -0.25) is 10.1 Å². The third-order valence-electron chi connectivity index (χ3n) is 4.32. The molecule has 1 aliphatic heterocycles. The second-order valence-electron chi connectivity index (χ2n) is 6.25. The van der Waals surface area contributed by atoms with Crippen molar-refractivity contribution in [2.45, 2.75) is 18.9 Å². The Labute approximate surface area is 146 Å². The zero-order valence-corrected chi connectivity index (χ0v) is 14.1. The summed E-state index contributed by atoms with van der Waals surface area (Å²) in [6.45, 7) is 1.50. The van der Waals surface area contributed by atoms with Crippen LogP contribution in [0.3, 0.4) is 0 Å². The Hall–Kier alpha value is -2.67. The fraction of sp³-hybridized carbons (Fsp3) is 0.389. The lowest BCUT2D eigenvalue weighted by Crippen LogP contribution is -2.34. The van der Waals surface area contributed by atoms with Crippen LogP contribution in [0.2, 0.25) is 0 Å². The normalized spacial score (nSPS) is 17.9. The van der Waals surface area contributed by atoms with Crippen LogP contribution in [-0.4, -0.2) is 28.8 Å². The lowest BCUT2D eigenvalue weighted by Gasteiger charge is -2.22. The van der Waals surface area contributed by atoms with E-state index in [2.05, 4.69) is 15.6 Å². The van der Waals surface area contributed by atoms with Crippen LogP contribution in [0.25, 0.3) is 0 Å². The molecule has 1 fully saturated rings. The second-order valence-corrected chi connectivity index (χ2v) is 6.25. The molecular weight excluding hydrogens is 320 g/mol. The van der Waals surface area contributed by atoms with Gasteiger partial charge in [-0.25, -0.2) is 9.78 Å². The van der Waals surface area contributed by atoms with Gasteiger partial charge in [0, 0.05) is 26.3 Å². The van der Waals surface area contributed by atoms with Gasteiger partial charge in [0.25, 0.3) is 5.56 Å². The number of benzene rings is 1. The summed E-state index contributed by atoms with van der Waals surface area (Å²) >= 11 is 0. The molecule has 7 nitrogen and oxygen atoms in total. The number of aromatic nitrogens is 2. The van der Waals surface area contributed by atoms with E-state index >= 15 is 0 Å². The predicted octanol–water partition coefficient (Wildman–Crippen LogP) is 2.07. The van der Waals surface area contributed by atoms with E-state index in [0.717, 1.165) is 31.6 Å². The summed E-state index contributed by atoms with van der Waals surface area (Å²) in [5.74, 6) is 0.657. The number of ether oxygens (including phenoxy) is 1. The van der Waals surface area contributed by atoms with Crippen molar-refractivity contribution >= 4 is 11.8 Å². The summed E-state index contributed by atoms with van der Waals surface area (Å²) in [6.07, 6.45) is 3.19. The van der Waals surface area contributed by atoms with E-state index in [0.29, 0.717) is 5.92 Å². The number of anilines is 1. The molecule has 0 radical (unpaired) electrons. The Morgan fingerprint density at radius 1 is 1.40 bits per heavy atom. The maximum absolute atomic E-state index is 12.4. The number of nitrogens with zero attached hydrogens (tertiary/aromatic N) is 2. The van der Waals surface area contributed by atoms with Gasteiger partial charge in [0.1, 0.15) is 5.82 Å². The number of hydrogen-bond donors (Lipinski definition) is 2. The van der Waals surface area contributed by atoms with E-state index < -0.39 is 0 Å². The Morgan fingerprint density at radius 3 is 2.88 bits per heavy atom. The molecule has 2 aromatic rings. The van der Waals surface area contributed by atoms with Crippen LogP contribution in [0.1, 0.15) is 24.4 Å². The maximum atomic E-state index is 12.4. The summed E-state index contributed by atoms with van der Waals surface area (Å²) in [4.78, 5) is 28.0. The van der Waals surface area contributed by atoms with E-state index in [1.807, 2.05) is 30.3 Å². The van der Waals surface area contributed by atoms with Gasteiger partial charge in [0.05, 0.1) is 12.4 Å². The van der Waals surface area contributed by atoms with Crippen LogP contribution in [0.15, 0.2) is 47.5 Å². The molecule has 2 amide bonds. The molecule has 1 aliphatic rings. The number of carbonyl (C=O) groups excluding carboxylic acids is 1. The molecule has 1 aromatic carbocycles. The largest absolute Gasteiger partial charge is 0.381 e. The highest BCUT2D eigenvalue weighted by Crippen LogP contribution is 2.26. The van der Waals surface area contributed by atoms with Gasteiger partial charge < -0.3 is 14.6 Å². The number of urea groups is 1. The zero-order valence-electron chi connectivity index (χ0n) is 14.1. The molecule has 0 bridgehead atoms. The monoisotopic (exact) mass is 342 g/mol. The van der Waals surface area contributed by atoms with Crippen molar-refractivity contribution < 1.29 is 9.53 Å². The molecule has 1 saturated heterocycles. The molecule has 2 unspecified atom stereocenters. The van der Waals surface area contributed by atoms with Gasteiger partial charge in [-0.05, 0) is 24.3 Å². The van der Waals surface area contributed by atoms with Crippen LogP contribution in [-0.2, 0) is 11.8 Å². The molecule has 7 heteroatoms. The third-order valence-corrected chi connectivity index (χ3v) is 4.32. The molecule has 0 aliphatic carbocycles. The van der Waals surface area contributed by atoms with E-state index in [4.69, 9.17) is 4.74 Å². The molecule has 2 heterocycles. The van der Waals surface area contributed by atoms with Gasteiger partial charge in [-0.2, -0.15) is 0 Å². The van der Waals surface area contributed by atoms with E-state index in [1.54, 1.807) is 7.05 Å². The zero-order chi connectivity index (χ0) is 17.6. The molecule has 0 spiro atoms. The minimum absolute atomic E-state index is 0.126. The van der Waals surface area contributed by atoms with Crippen molar-refractivity contribution in [1.82, 2.24) is 14.9 Å². The number of carbonyl (C=O) groups is 1. The predicted molar refractivity (Wildman–Crippen MR) is 94.4 cm³/mol. The van der Waals surface area contributed by atoms with Crippen LogP contribution < -0.4 is 16.2 Å². The average Bonchev–Trinajstić information content (AvgIpc) is 3.11. The SMILES string of the molecule is Cn1cnc(NC(=O)NC(CC2CCOC2)c2ccccc2)cc1=O. The topological polar surface area (TPSA) is 85.2 Å². The third kappa shape index (κ3) is 4.67. The first-order chi connectivity index (χ1) is 12.1. The van der Waals surface area contributed by atoms with Gasteiger partial charge in [0.2, 0.25) is 0 Å². The number of amides is 2. The summed E-state index contributed by atoms with van der Waals surface area (Å²) in [7, 11) is 1.61. The highest BCUT2D eigenvalue weighted by atomic mass is 16.5. The van der Waals surface area contributed by atoms with E-state index in [1.165, 1.54) is 17.0 Å². The van der Waals surface area contributed by atoms with E-state index in [-0.39, 0.29) is 23.5 Å². The number of hydrogen-bond acceptors (Lipinski definition) is 4. The van der Waals surface area contributed by atoms with Crippen LogP contribution in [0.4, 0.5) is 10.6 Å².